The zero-order valence-electron chi connectivity index (χ0n) is 9.22. The largest absolute Gasteiger partial charge is 0.351 e. The Balaban J connectivity index is 2.84. The minimum atomic E-state index is -0.870. The molecule has 0 aliphatic heterocycles. The van der Waals surface area contributed by atoms with E-state index < -0.39 is 18.0 Å². The first-order valence-corrected chi connectivity index (χ1v) is 5.07. The van der Waals surface area contributed by atoms with Crippen LogP contribution < -0.4 is 16.4 Å². The van der Waals surface area contributed by atoms with Crippen molar-refractivity contribution in [2.45, 2.75) is 6.04 Å². The van der Waals surface area contributed by atoms with Gasteiger partial charge in [0.25, 0.3) is 5.91 Å². The van der Waals surface area contributed by atoms with E-state index in [9.17, 15) is 9.59 Å². The first-order chi connectivity index (χ1) is 8.15. The molecule has 0 unspecified atom stereocenters. The summed E-state index contributed by atoms with van der Waals surface area (Å²) in [5.74, 6) is 1.95. The molecule has 17 heavy (non-hydrogen) atoms. The lowest BCUT2D eigenvalue weighted by Crippen LogP contribution is -2.87. The second kappa shape index (κ2) is 6.30. The highest BCUT2D eigenvalue weighted by Gasteiger charge is 2.24. The van der Waals surface area contributed by atoms with Gasteiger partial charge in [-0.05, 0) is 5.92 Å². The monoisotopic (exact) mass is 232 g/mol. The molecule has 0 bridgehead atoms. The third kappa shape index (κ3) is 3.97. The third-order valence-corrected chi connectivity index (χ3v) is 2.16. The molecular formula is C12H14N3O2+. The Hall–Kier alpha value is -2.32. The van der Waals surface area contributed by atoms with Crippen LogP contribution in [0.3, 0.4) is 0 Å². The number of benzene rings is 1. The molecule has 1 atom stereocenters. The first kappa shape index (κ1) is 12.7. The lowest BCUT2D eigenvalue weighted by atomic mass is 10.1. The Morgan fingerprint density at radius 2 is 2.06 bits per heavy atom. The van der Waals surface area contributed by atoms with E-state index in [1.165, 1.54) is 0 Å². The Labute approximate surface area is 99.4 Å². The van der Waals surface area contributed by atoms with E-state index in [-0.39, 0.29) is 0 Å². The summed E-state index contributed by atoms with van der Waals surface area (Å²) in [5, 5.41) is 3.71. The number of terminal acetylenes is 1. The maximum Gasteiger partial charge on any atom is 0.319 e. The molecule has 0 radical (unpaired) electrons. The van der Waals surface area contributed by atoms with E-state index in [1.54, 1.807) is 17.4 Å². The molecule has 0 aliphatic rings. The van der Waals surface area contributed by atoms with Crippen LogP contribution in [0.1, 0.15) is 11.6 Å². The lowest BCUT2D eigenvalue weighted by molar-refractivity contribution is -0.672. The zero-order valence-corrected chi connectivity index (χ0v) is 9.22. The summed E-state index contributed by atoms with van der Waals surface area (Å²) in [6.07, 6.45) is 5.15. The number of rotatable bonds is 4. The lowest BCUT2D eigenvalue weighted by Gasteiger charge is -2.13. The molecule has 0 fully saturated rings. The van der Waals surface area contributed by atoms with Gasteiger partial charge in [-0.1, -0.05) is 30.3 Å². The molecule has 1 aromatic rings. The molecular weight excluding hydrogens is 218 g/mol. The molecule has 1 aromatic carbocycles. The molecule has 0 aromatic heterocycles. The summed E-state index contributed by atoms with van der Waals surface area (Å²) in [6.45, 7) is 0.339. The number of urea groups is 1. The second-order valence-electron chi connectivity index (χ2n) is 3.39. The molecule has 88 valence electrons. The third-order valence-electron chi connectivity index (χ3n) is 2.16. The minimum absolute atomic E-state index is 0.339. The average Bonchev–Trinajstić information content (AvgIpc) is 2.30. The molecule has 5 heteroatoms. The van der Waals surface area contributed by atoms with E-state index in [4.69, 9.17) is 12.2 Å². The van der Waals surface area contributed by atoms with Crippen LogP contribution in [-0.4, -0.2) is 18.5 Å². The van der Waals surface area contributed by atoms with Gasteiger partial charge in [0.05, 0.1) is 0 Å². The van der Waals surface area contributed by atoms with Gasteiger partial charge in [-0.3, -0.25) is 10.1 Å². The van der Waals surface area contributed by atoms with Crippen LogP contribution >= 0.6 is 0 Å². The van der Waals surface area contributed by atoms with Gasteiger partial charge in [-0.25, -0.2) is 4.79 Å². The fourth-order valence-corrected chi connectivity index (χ4v) is 1.44. The van der Waals surface area contributed by atoms with Crippen LogP contribution in [-0.2, 0) is 4.79 Å². The Kier molecular flexibility index (Phi) is 4.73. The fraction of sp³-hybridized carbons (Fsp3) is 0.167. The van der Waals surface area contributed by atoms with Crippen LogP contribution in [0.4, 0.5) is 4.79 Å². The summed E-state index contributed by atoms with van der Waals surface area (Å²) >= 11 is 0. The number of imide groups is 1. The van der Waals surface area contributed by atoms with Crippen molar-refractivity contribution in [1.82, 2.24) is 5.32 Å². The van der Waals surface area contributed by atoms with E-state index in [2.05, 4.69) is 11.2 Å². The van der Waals surface area contributed by atoms with Crippen molar-refractivity contribution in [3.63, 3.8) is 0 Å². The molecule has 5 nitrogen and oxygen atoms in total. The standard InChI is InChI=1S/C12H13N3O2/c1-2-8-14-10(11(16)15-12(13)17)9-6-4-3-5-7-9/h1,3-7,10,14H,8H2,(H3,13,15,16,17)/p+1/t10-/m0/s1. The van der Waals surface area contributed by atoms with Crippen LogP contribution in [0.25, 0.3) is 0 Å². The molecule has 0 heterocycles. The Bertz CT molecular complexity index is 437. The number of hydrogen-bond acceptors (Lipinski definition) is 2. The van der Waals surface area contributed by atoms with Crippen molar-refractivity contribution >= 4 is 11.9 Å². The highest BCUT2D eigenvalue weighted by atomic mass is 16.2. The molecule has 3 amide bonds. The molecule has 0 saturated carbocycles. The normalized spacial score (nSPS) is 11.2. The molecule has 0 saturated heterocycles. The predicted molar refractivity (Wildman–Crippen MR) is 62.5 cm³/mol. The zero-order chi connectivity index (χ0) is 12.7. The smallest absolute Gasteiger partial charge is 0.319 e. The Morgan fingerprint density at radius 3 is 2.59 bits per heavy atom. The summed E-state index contributed by atoms with van der Waals surface area (Å²) in [6, 6.07) is 7.60. The number of carbonyl (C=O) groups is 2. The van der Waals surface area contributed by atoms with Crippen molar-refractivity contribution < 1.29 is 14.9 Å². The summed E-state index contributed by atoms with van der Waals surface area (Å²) < 4.78 is 0. The average molecular weight is 232 g/mol. The van der Waals surface area contributed by atoms with Gasteiger partial charge in [-0.2, -0.15) is 0 Å². The topological polar surface area (TPSA) is 88.8 Å². The number of nitrogens with two attached hydrogens (primary N) is 2. The van der Waals surface area contributed by atoms with Gasteiger partial charge in [0.2, 0.25) is 0 Å². The van der Waals surface area contributed by atoms with E-state index >= 15 is 0 Å². The van der Waals surface area contributed by atoms with Crippen LogP contribution in [0, 0.1) is 12.3 Å². The van der Waals surface area contributed by atoms with Crippen molar-refractivity contribution in [3.05, 3.63) is 35.9 Å². The summed E-state index contributed by atoms with van der Waals surface area (Å²) in [4.78, 5) is 22.4. The SMILES string of the molecule is C#CC[NH2+][C@H](C(=O)NC(N)=O)c1ccccc1. The van der Waals surface area contributed by atoms with Gasteiger partial charge in [0, 0.05) is 5.56 Å². The van der Waals surface area contributed by atoms with Crippen molar-refractivity contribution in [1.29, 1.82) is 0 Å². The van der Waals surface area contributed by atoms with Crippen LogP contribution in [0.5, 0.6) is 0 Å². The molecule has 5 N–H and O–H groups in total. The first-order valence-electron chi connectivity index (χ1n) is 5.07. The number of amides is 3. The highest BCUT2D eigenvalue weighted by Crippen LogP contribution is 2.07. The van der Waals surface area contributed by atoms with Gasteiger partial charge in [0.15, 0.2) is 6.04 Å². The van der Waals surface area contributed by atoms with Gasteiger partial charge < -0.3 is 11.1 Å². The summed E-state index contributed by atoms with van der Waals surface area (Å²) in [5.41, 5.74) is 5.68. The maximum absolute atomic E-state index is 11.7. The van der Waals surface area contributed by atoms with Crippen molar-refractivity contribution in [2.75, 3.05) is 6.54 Å². The fourth-order valence-electron chi connectivity index (χ4n) is 1.44. The summed E-state index contributed by atoms with van der Waals surface area (Å²) in [7, 11) is 0. The van der Waals surface area contributed by atoms with Gasteiger partial charge >= 0.3 is 6.03 Å². The van der Waals surface area contributed by atoms with Crippen LogP contribution in [0.15, 0.2) is 30.3 Å². The maximum atomic E-state index is 11.7. The van der Waals surface area contributed by atoms with E-state index in [1.807, 2.05) is 18.2 Å². The van der Waals surface area contributed by atoms with E-state index in [0.29, 0.717) is 6.54 Å². The number of primary amides is 1. The number of quaternary nitrogens is 1. The number of carbonyl (C=O) groups excluding carboxylic acids is 2. The number of hydrogen-bond donors (Lipinski definition) is 3. The highest BCUT2D eigenvalue weighted by molar-refractivity contribution is 5.96. The minimum Gasteiger partial charge on any atom is -0.351 e. The van der Waals surface area contributed by atoms with Gasteiger partial charge in [-0.15, -0.1) is 6.42 Å². The quantitative estimate of drug-likeness (QED) is 0.588. The molecule has 0 spiro atoms. The molecule has 0 aliphatic carbocycles. The van der Waals surface area contributed by atoms with Crippen LogP contribution in [0.2, 0.25) is 0 Å². The Morgan fingerprint density at radius 1 is 1.41 bits per heavy atom. The van der Waals surface area contributed by atoms with Gasteiger partial charge in [0.1, 0.15) is 6.54 Å². The van der Waals surface area contributed by atoms with E-state index in [0.717, 1.165) is 5.56 Å². The van der Waals surface area contributed by atoms with Crippen molar-refractivity contribution in [2.24, 2.45) is 5.73 Å². The molecule has 1 rings (SSSR count). The second-order valence-corrected chi connectivity index (χ2v) is 3.39. The number of nitrogens with one attached hydrogen (secondary N) is 1. The van der Waals surface area contributed by atoms with Crippen molar-refractivity contribution in [3.8, 4) is 12.3 Å². The predicted octanol–water partition coefficient (Wildman–Crippen LogP) is -0.881.